The molecule has 1 aliphatic rings. The summed E-state index contributed by atoms with van der Waals surface area (Å²) in [5.41, 5.74) is 3.62. The number of allylic oxidation sites excluding steroid dienone is 1. The molecule has 5 rings (SSSR count). The molecule has 1 fully saturated rings. The standard InChI is InChI=1S/C58H78N2O10/c1-58(2,3)70-57(63)60-49(56(62)64-4)36-26-27-39-59-52(61)38-25-11-9-7-5-6-8-10-24-37-50-53(66-41-46-30-18-13-19-31-46)55(68-43-48-34-22-15-23-35-48)54(67-42-47-32-20-14-21-33-47)51(69-50)44-65-40-45-28-16-12-17-29-45/h10,12-24,28-35,49-51,53-55H,5-9,11,25-27,36-44H2,1-4H3,(H,59,61)(H,60,63)/b24-10+/t49-,50+,51+,53-,54+,55+/m0/s1. The average molecular weight is 963 g/mol. The molecule has 380 valence electrons. The van der Waals surface area contributed by atoms with Gasteiger partial charge in [0.15, 0.2) is 0 Å². The van der Waals surface area contributed by atoms with Crippen molar-refractivity contribution in [1.82, 2.24) is 10.6 Å². The SMILES string of the molecule is COC(=O)[C@H](CCCCNC(=O)CCCCCCCC/C=C/C[C@H]1O[C@H](COCc2ccccc2)[C@@H](OCc2ccccc2)[C@H](OCc2ccccc2)[C@H]1OCc1ccccc1)NC(=O)OC(C)(C)C. The summed E-state index contributed by atoms with van der Waals surface area (Å²) >= 11 is 0. The van der Waals surface area contributed by atoms with Crippen LogP contribution in [0.1, 0.15) is 120 Å². The highest BCUT2D eigenvalue weighted by Gasteiger charge is 2.48. The van der Waals surface area contributed by atoms with Crippen LogP contribution in [-0.2, 0) is 69.2 Å². The summed E-state index contributed by atoms with van der Waals surface area (Å²) in [5.74, 6) is -0.490. The second-order valence-electron chi connectivity index (χ2n) is 18.9. The van der Waals surface area contributed by atoms with Crippen LogP contribution in [-0.4, -0.2) is 80.4 Å². The largest absolute Gasteiger partial charge is 0.467 e. The summed E-state index contributed by atoms with van der Waals surface area (Å²) in [4.78, 5) is 36.8. The molecule has 2 amide bonds. The predicted octanol–water partition coefficient (Wildman–Crippen LogP) is 11.1. The number of rotatable bonds is 31. The molecule has 0 aliphatic carbocycles. The molecular weight excluding hydrogens is 885 g/mol. The van der Waals surface area contributed by atoms with Crippen molar-refractivity contribution in [3.05, 3.63) is 156 Å². The first kappa shape index (κ1) is 55.6. The number of hydrogen-bond donors (Lipinski definition) is 2. The van der Waals surface area contributed by atoms with Crippen LogP contribution in [0.25, 0.3) is 0 Å². The van der Waals surface area contributed by atoms with Gasteiger partial charge in [0.2, 0.25) is 5.91 Å². The first-order valence-corrected chi connectivity index (χ1v) is 25.3. The van der Waals surface area contributed by atoms with E-state index in [1.807, 2.05) is 72.8 Å². The molecule has 1 aliphatic heterocycles. The molecule has 0 spiro atoms. The maximum Gasteiger partial charge on any atom is 0.408 e. The number of ether oxygens (including phenoxy) is 7. The van der Waals surface area contributed by atoms with E-state index in [-0.39, 0.29) is 12.0 Å². The number of benzene rings is 4. The second-order valence-corrected chi connectivity index (χ2v) is 18.9. The minimum atomic E-state index is -0.801. The number of hydrogen-bond acceptors (Lipinski definition) is 10. The lowest BCUT2D eigenvalue weighted by molar-refractivity contribution is -0.271. The van der Waals surface area contributed by atoms with Crippen molar-refractivity contribution in [1.29, 1.82) is 0 Å². The van der Waals surface area contributed by atoms with Gasteiger partial charge in [0.25, 0.3) is 0 Å². The predicted molar refractivity (Wildman–Crippen MR) is 273 cm³/mol. The highest BCUT2D eigenvalue weighted by Crippen LogP contribution is 2.33. The molecular formula is C58H78N2O10. The lowest BCUT2D eigenvalue weighted by atomic mass is 9.92. The Morgan fingerprint density at radius 1 is 0.600 bits per heavy atom. The molecule has 4 aromatic carbocycles. The first-order chi connectivity index (χ1) is 34.1. The molecule has 0 radical (unpaired) electrons. The van der Waals surface area contributed by atoms with E-state index in [0.717, 1.165) is 67.2 Å². The fraction of sp³-hybridized carbons (Fsp3) is 0.500. The zero-order chi connectivity index (χ0) is 49.7. The Morgan fingerprint density at radius 3 is 1.64 bits per heavy atom. The topological polar surface area (TPSA) is 140 Å². The molecule has 0 bridgehead atoms. The van der Waals surface area contributed by atoms with Crippen LogP contribution >= 0.6 is 0 Å². The summed E-state index contributed by atoms with van der Waals surface area (Å²) < 4.78 is 44.1. The van der Waals surface area contributed by atoms with E-state index in [4.69, 9.17) is 33.2 Å². The summed E-state index contributed by atoms with van der Waals surface area (Å²) in [6, 6.07) is 40.0. The van der Waals surface area contributed by atoms with Crippen molar-refractivity contribution in [3.8, 4) is 0 Å². The van der Waals surface area contributed by atoms with Crippen molar-refractivity contribution >= 4 is 18.0 Å². The molecule has 1 saturated heterocycles. The number of carbonyl (C=O) groups is 3. The van der Waals surface area contributed by atoms with Crippen LogP contribution in [0.15, 0.2) is 133 Å². The van der Waals surface area contributed by atoms with Crippen LogP contribution in [0.2, 0.25) is 0 Å². The summed E-state index contributed by atoms with van der Waals surface area (Å²) in [5, 5.41) is 5.57. The number of unbranched alkanes of at least 4 members (excludes halogenated alkanes) is 7. The van der Waals surface area contributed by atoms with Crippen LogP contribution in [0.3, 0.4) is 0 Å². The van der Waals surface area contributed by atoms with Gasteiger partial charge in [-0.15, -0.1) is 0 Å². The first-order valence-electron chi connectivity index (χ1n) is 25.3. The summed E-state index contributed by atoms with van der Waals surface area (Å²) in [7, 11) is 1.29. The smallest absolute Gasteiger partial charge is 0.408 e. The lowest BCUT2D eigenvalue weighted by Crippen LogP contribution is -2.61. The van der Waals surface area contributed by atoms with E-state index in [0.29, 0.717) is 71.7 Å². The molecule has 0 unspecified atom stereocenters. The van der Waals surface area contributed by atoms with Gasteiger partial charge in [-0.25, -0.2) is 9.59 Å². The average Bonchev–Trinajstić information content (AvgIpc) is 3.36. The number of esters is 1. The molecule has 12 heteroatoms. The third-order valence-corrected chi connectivity index (χ3v) is 12.0. The highest BCUT2D eigenvalue weighted by molar-refractivity contribution is 5.81. The Bertz CT molecular complexity index is 2070. The van der Waals surface area contributed by atoms with Gasteiger partial charge in [-0.1, -0.05) is 159 Å². The normalized spacial score (nSPS) is 18.5. The number of nitrogens with one attached hydrogen (secondary N) is 2. The minimum absolute atomic E-state index is 0.0338. The Kier molecular flexibility index (Phi) is 25.2. The number of amides is 2. The fourth-order valence-electron chi connectivity index (χ4n) is 8.31. The zero-order valence-corrected chi connectivity index (χ0v) is 42.0. The molecule has 0 saturated carbocycles. The molecule has 6 atom stereocenters. The van der Waals surface area contributed by atoms with E-state index >= 15 is 0 Å². The van der Waals surface area contributed by atoms with Crippen LogP contribution < -0.4 is 10.6 Å². The zero-order valence-electron chi connectivity index (χ0n) is 42.0. The third kappa shape index (κ3) is 21.7. The van der Waals surface area contributed by atoms with Gasteiger partial charge in [-0.05, 0) is 88.0 Å². The van der Waals surface area contributed by atoms with Gasteiger partial charge in [-0.3, -0.25) is 4.79 Å². The summed E-state index contributed by atoms with van der Waals surface area (Å²) in [6.07, 6.45) is 11.8. The molecule has 1 heterocycles. The van der Waals surface area contributed by atoms with Crippen molar-refractivity contribution in [2.75, 3.05) is 20.3 Å². The van der Waals surface area contributed by atoms with Crippen molar-refractivity contribution in [2.24, 2.45) is 0 Å². The second kappa shape index (κ2) is 31.8. The third-order valence-electron chi connectivity index (χ3n) is 12.0. The lowest BCUT2D eigenvalue weighted by Gasteiger charge is -2.46. The molecule has 2 N–H and O–H groups in total. The Labute approximate surface area is 417 Å². The van der Waals surface area contributed by atoms with Crippen LogP contribution in [0.4, 0.5) is 4.79 Å². The number of carbonyl (C=O) groups excluding carboxylic acids is 3. The van der Waals surface area contributed by atoms with Crippen LogP contribution in [0.5, 0.6) is 0 Å². The number of methoxy groups -OCH3 is 1. The van der Waals surface area contributed by atoms with Gasteiger partial charge in [0.1, 0.15) is 36.1 Å². The Morgan fingerprint density at radius 2 is 1.10 bits per heavy atom. The van der Waals surface area contributed by atoms with Gasteiger partial charge >= 0.3 is 12.1 Å². The van der Waals surface area contributed by atoms with E-state index < -0.39 is 48.1 Å². The Balaban J connectivity index is 1.10. The highest BCUT2D eigenvalue weighted by atomic mass is 16.6. The van der Waals surface area contributed by atoms with E-state index in [2.05, 4.69) is 71.3 Å². The molecule has 12 nitrogen and oxygen atoms in total. The van der Waals surface area contributed by atoms with Gasteiger partial charge in [0.05, 0.1) is 46.2 Å². The monoisotopic (exact) mass is 963 g/mol. The maximum atomic E-state index is 12.5. The fourth-order valence-corrected chi connectivity index (χ4v) is 8.31. The van der Waals surface area contributed by atoms with E-state index in [9.17, 15) is 14.4 Å². The number of alkyl carbamates (subject to hydrolysis) is 1. The van der Waals surface area contributed by atoms with Crippen molar-refractivity contribution in [2.45, 2.75) is 166 Å². The quantitative estimate of drug-likeness (QED) is 0.0285. The van der Waals surface area contributed by atoms with Crippen molar-refractivity contribution in [3.63, 3.8) is 0 Å². The minimum Gasteiger partial charge on any atom is -0.467 e. The van der Waals surface area contributed by atoms with E-state index in [1.165, 1.54) is 7.11 Å². The molecule has 4 aromatic rings. The van der Waals surface area contributed by atoms with Gasteiger partial charge in [-0.2, -0.15) is 0 Å². The summed E-state index contributed by atoms with van der Waals surface area (Å²) in [6.45, 7) is 7.77. The van der Waals surface area contributed by atoms with Crippen molar-refractivity contribution < 1.29 is 47.5 Å². The molecule has 70 heavy (non-hydrogen) atoms. The van der Waals surface area contributed by atoms with Gasteiger partial charge in [0, 0.05) is 13.0 Å². The molecule has 0 aromatic heterocycles. The van der Waals surface area contributed by atoms with E-state index in [1.54, 1.807) is 20.8 Å². The maximum absolute atomic E-state index is 12.5. The Hall–Kier alpha value is -5.37. The van der Waals surface area contributed by atoms with Crippen LogP contribution in [0, 0.1) is 0 Å². The van der Waals surface area contributed by atoms with Gasteiger partial charge < -0.3 is 43.8 Å².